The highest BCUT2D eigenvalue weighted by Gasteiger charge is 2.12. The number of hydrogen-bond acceptors (Lipinski definition) is 3. The summed E-state index contributed by atoms with van der Waals surface area (Å²) in [5, 5.41) is 3.65. The molecule has 1 heterocycles. The molecule has 3 heteroatoms. The normalized spacial score (nSPS) is 19.5. The van der Waals surface area contributed by atoms with E-state index in [1.165, 1.54) is 30.9 Å². The van der Waals surface area contributed by atoms with Crippen molar-refractivity contribution in [3.8, 4) is 0 Å². The van der Waals surface area contributed by atoms with E-state index in [9.17, 15) is 0 Å². The van der Waals surface area contributed by atoms with Gasteiger partial charge in [0, 0.05) is 25.2 Å². The molecular formula is C11H24N2S. The van der Waals surface area contributed by atoms with Crippen LogP contribution < -0.4 is 5.32 Å². The van der Waals surface area contributed by atoms with Crippen molar-refractivity contribution in [3.63, 3.8) is 0 Å². The summed E-state index contributed by atoms with van der Waals surface area (Å²) < 4.78 is 0. The van der Waals surface area contributed by atoms with E-state index < -0.39 is 0 Å². The topological polar surface area (TPSA) is 15.3 Å². The predicted molar refractivity (Wildman–Crippen MR) is 66.1 cm³/mol. The third-order valence-electron chi connectivity index (χ3n) is 3.00. The molecule has 1 fully saturated rings. The Kier molecular flexibility index (Phi) is 5.90. The number of nitrogens with one attached hydrogen (secondary N) is 1. The van der Waals surface area contributed by atoms with Gasteiger partial charge in [-0.15, -0.1) is 0 Å². The number of hydrogen-bond donors (Lipinski definition) is 1. The van der Waals surface area contributed by atoms with E-state index in [1.807, 2.05) is 0 Å². The number of thioether (sulfide) groups is 1. The van der Waals surface area contributed by atoms with Gasteiger partial charge in [-0.25, -0.2) is 0 Å². The van der Waals surface area contributed by atoms with Gasteiger partial charge in [-0.2, -0.15) is 11.8 Å². The number of nitrogens with zero attached hydrogens (tertiary/aromatic N) is 1. The Labute approximate surface area is 92.8 Å². The first-order valence-corrected chi connectivity index (χ1v) is 6.87. The summed E-state index contributed by atoms with van der Waals surface area (Å²) in [5.41, 5.74) is 0. The van der Waals surface area contributed by atoms with Crippen LogP contribution in [-0.2, 0) is 0 Å². The van der Waals surface area contributed by atoms with Crippen molar-refractivity contribution in [2.75, 3.05) is 31.6 Å². The second-order valence-electron chi connectivity index (χ2n) is 4.42. The van der Waals surface area contributed by atoms with Gasteiger partial charge < -0.3 is 10.2 Å². The molecule has 1 rings (SSSR count). The van der Waals surface area contributed by atoms with Gasteiger partial charge in [0.1, 0.15) is 0 Å². The Morgan fingerprint density at radius 3 is 2.57 bits per heavy atom. The molecule has 0 aliphatic carbocycles. The van der Waals surface area contributed by atoms with Crippen LogP contribution in [0.3, 0.4) is 0 Å². The van der Waals surface area contributed by atoms with Crippen molar-refractivity contribution in [1.29, 1.82) is 0 Å². The van der Waals surface area contributed by atoms with Crippen molar-refractivity contribution >= 4 is 11.8 Å². The Morgan fingerprint density at radius 2 is 2.00 bits per heavy atom. The molecule has 0 bridgehead atoms. The SMILES string of the molecule is CC(C)N(C)CCNC1CCSCC1. The lowest BCUT2D eigenvalue weighted by Gasteiger charge is -2.25. The van der Waals surface area contributed by atoms with Gasteiger partial charge in [-0.1, -0.05) is 0 Å². The van der Waals surface area contributed by atoms with Gasteiger partial charge in [-0.05, 0) is 45.2 Å². The Bertz CT molecular complexity index is 144. The molecule has 1 aliphatic heterocycles. The minimum atomic E-state index is 0.665. The molecule has 2 nitrogen and oxygen atoms in total. The first-order chi connectivity index (χ1) is 6.70. The Balaban J connectivity index is 2.02. The number of likely N-dealkylation sites (N-methyl/N-ethyl adjacent to an activating group) is 1. The average Bonchev–Trinajstić information content (AvgIpc) is 2.19. The van der Waals surface area contributed by atoms with Crippen molar-refractivity contribution in [1.82, 2.24) is 10.2 Å². The van der Waals surface area contributed by atoms with Crippen LogP contribution in [0.5, 0.6) is 0 Å². The largest absolute Gasteiger partial charge is 0.313 e. The number of rotatable bonds is 5. The molecule has 14 heavy (non-hydrogen) atoms. The minimum absolute atomic E-state index is 0.665. The van der Waals surface area contributed by atoms with Gasteiger partial charge >= 0.3 is 0 Å². The van der Waals surface area contributed by atoms with Crippen LogP contribution in [0.15, 0.2) is 0 Å². The first-order valence-electron chi connectivity index (χ1n) is 5.71. The predicted octanol–water partition coefficient (Wildman–Crippen LogP) is 1.81. The van der Waals surface area contributed by atoms with Gasteiger partial charge in [0.25, 0.3) is 0 Å². The maximum atomic E-state index is 3.65. The maximum Gasteiger partial charge on any atom is 0.0107 e. The molecule has 0 unspecified atom stereocenters. The maximum absolute atomic E-state index is 3.65. The lowest BCUT2D eigenvalue weighted by Crippen LogP contribution is -2.39. The van der Waals surface area contributed by atoms with E-state index in [1.54, 1.807) is 0 Å². The highest BCUT2D eigenvalue weighted by Crippen LogP contribution is 2.16. The summed E-state index contributed by atoms with van der Waals surface area (Å²) in [6.45, 7) is 6.81. The van der Waals surface area contributed by atoms with Crippen molar-refractivity contribution < 1.29 is 0 Å². The Morgan fingerprint density at radius 1 is 1.36 bits per heavy atom. The molecule has 84 valence electrons. The zero-order valence-corrected chi connectivity index (χ0v) is 10.6. The summed E-state index contributed by atoms with van der Waals surface area (Å²) in [6.07, 6.45) is 2.71. The van der Waals surface area contributed by atoms with Crippen LogP contribution in [0.4, 0.5) is 0 Å². The summed E-state index contributed by atoms with van der Waals surface area (Å²) >= 11 is 2.09. The lowest BCUT2D eigenvalue weighted by molar-refractivity contribution is 0.267. The second kappa shape index (κ2) is 6.70. The molecule has 1 aliphatic rings. The molecule has 1 saturated heterocycles. The van der Waals surface area contributed by atoms with Crippen LogP contribution in [-0.4, -0.2) is 48.6 Å². The summed E-state index contributed by atoms with van der Waals surface area (Å²) in [4.78, 5) is 2.39. The third kappa shape index (κ3) is 4.67. The van der Waals surface area contributed by atoms with E-state index in [-0.39, 0.29) is 0 Å². The molecule has 0 aromatic carbocycles. The van der Waals surface area contributed by atoms with Crippen molar-refractivity contribution in [2.45, 2.75) is 38.8 Å². The summed E-state index contributed by atoms with van der Waals surface area (Å²) in [5.74, 6) is 2.69. The van der Waals surface area contributed by atoms with Crippen LogP contribution in [0.25, 0.3) is 0 Å². The average molecular weight is 216 g/mol. The Hall–Kier alpha value is 0.270. The lowest BCUT2D eigenvalue weighted by atomic mass is 10.1. The summed E-state index contributed by atoms with van der Waals surface area (Å²) in [6, 6.07) is 1.45. The molecule has 0 atom stereocenters. The smallest absolute Gasteiger partial charge is 0.0107 e. The van der Waals surface area contributed by atoms with Gasteiger partial charge in [-0.3, -0.25) is 0 Å². The van der Waals surface area contributed by atoms with Crippen LogP contribution >= 0.6 is 11.8 Å². The molecular weight excluding hydrogens is 192 g/mol. The minimum Gasteiger partial charge on any atom is -0.313 e. The van der Waals surface area contributed by atoms with Gasteiger partial charge in [0.15, 0.2) is 0 Å². The fourth-order valence-electron chi connectivity index (χ4n) is 1.60. The van der Waals surface area contributed by atoms with E-state index >= 15 is 0 Å². The molecule has 0 aromatic rings. The summed E-state index contributed by atoms with van der Waals surface area (Å²) in [7, 11) is 2.20. The zero-order valence-electron chi connectivity index (χ0n) is 9.75. The van der Waals surface area contributed by atoms with E-state index in [0.29, 0.717) is 6.04 Å². The monoisotopic (exact) mass is 216 g/mol. The molecule has 0 saturated carbocycles. The quantitative estimate of drug-likeness (QED) is 0.754. The third-order valence-corrected chi connectivity index (χ3v) is 4.05. The zero-order chi connectivity index (χ0) is 10.4. The van der Waals surface area contributed by atoms with Gasteiger partial charge in [0.2, 0.25) is 0 Å². The molecule has 0 spiro atoms. The van der Waals surface area contributed by atoms with Crippen LogP contribution in [0, 0.1) is 0 Å². The molecule has 0 radical (unpaired) electrons. The standard InChI is InChI=1S/C11H24N2S/c1-10(2)13(3)7-6-12-11-4-8-14-9-5-11/h10-12H,4-9H2,1-3H3. The second-order valence-corrected chi connectivity index (χ2v) is 5.64. The fraction of sp³-hybridized carbons (Fsp3) is 1.00. The first kappa shape index (κ1) is 12.3. The van der Waals surface area contributed by atoms with Crippen molar-refractivity contribution in [3.05, 3.63) is 0 Å². The highest BCUT2D eigenvalue weighted by molar-refractivity contribution is 7.99. The molecule has 0 amide bonds. The van der Waals surface area contributed by atoms with E-state index in [2.05, 4.69) is 42.9 Å². The van der Waals surface area contributed by atoms with E-state index in [0.717, 1.165) is 12.6 Å². The highest BCUT2D eigenvalue weighted by atomic mass is 32.2. The fourth-order valence-corrected chi connectivity index (χ4v) is 2.71. The molecule has 0 aromatic heterocycles. The molecule has 1 N–H and O–H groups in total. The van der Waals surface area contributed by atoms with Gasteiger partial charge in [0.05, 0.1) is 0 Å². The van der Waals surface area contributed by atoms with Crippen LogP contribution in [0.1, 0.15) is 26.7 Å². The van der Waals surface area contributed by atoms with Crippen LogP contribution in [0.2, 0.25) is 0 Å². The van der Waals surface area contributed by atoms with E-state index in [4.69, 9.17) is 0 Å². The van der Waals surface area contributed by atoms with Crippen molar-refractivity contribution in [2.24, 2.45) is 0 Å².